The minimum Gasteiger partial charge on any atom is -0.464 e. The Bertz CT molecular complexity index is 1300. The van der Waals surface area contributed by atoms with Crippen LogP contribution in [0.1, 0.15) is 50.7 Å². The summed E-state index contributed by atoms with van der Waals surface area (Å²) < 4.78 is 46.1. The third-order valence-electron chi connectivity index (χ3n) is 4.82. The van der Waals surface area contributed by atoms with Crippen molar-refractivity contribution in [3.63, 3.8) is 0 Å². The molecule has 2 N–H and O–H groups in total. The molecular weight excluding hydrogens is 547 g/mol. The summed E-state index contributed by atoms with van der Waals surface area (Å²) in [6.45, 7) is 6.03. The molecule has 0 unspecified atom stereocenters. The predicted molar refractivity (Wildman–Crippen MR) is 130 cm³/mol. The number of carbonyl (C=O) groups is 2. The average Bonchev–Trinajstić information content (AvgIpc) is 2.76. The zero-order valence-corrected chi connectivity index (χ0v) is 21.3. The summed E-state index contributed by atoms with van der Waals surface area (Å²) in [6.07, 6.45) is -6.51. The number of nitrogens with zero attached hydrogens (tertiary/aromatic N) is 4. The number of nitrogens with one attached hydrogen (secondary N) is 1. The normalized spacial score (nSPS) is 12.8. The van der Waals surface area contributed by atoms with Gasteiger partial charge in [0.15, 0.2) is 5.82 Å². The molecule has 3 aromatic rings. The predicted octanol–water partition coefficient (Wildman–Crippen LogP) is 6.53. The second-order valence-electron chi connectivity index (χ2n) is 8.85. The first-order chi connectivity index (χ1) is 16.7. The summed E-state index contributed by atoms with van der Waals surface area (Å²) in [4.78, 5) is 28.2. The first-order valence-electron chi connectivity index (χ1n) is 10.6. The lowest BCUT2D eigenvalue weighted by atomic mass is 10.1. The monoisotopic (exact) mass is 569 g/mol. The molecule has 0 fully saturated rings. The first-order valence-corrected chi connectivity index (χ1v) is 11.7. The molecule has 9 nitrogen and oxygen atoms in total. The fraction of sp³-hybridized carbons (Fsp3) is 0.348. The molecule has 0 radical (unpaired) electrons. The van der Waals surface area contributed by atoms with E-state index in [1.807, 2.05) is 18.2 Å². The number of ether oxygens (including phenoxy) is 1. The van der Waals surface area contributed by atoms with E-state index in [1.54, 1.807) is 6.20 Å². The van der Waals surface area contributed by atoms with Gasteiger partial charge in [-0.3, -0.25) is 0 Å². The van der Waals surface area contributed by atoms with Crippen LogP contribution >= 0.6 is 15.9 Å². The SMILES string of the molecule is C[C@@H](Nc1nncc2ccc(CBr)cc12)c1cc(N(C(=O)O)C(=O)OC(C)(C)C)cc(C(F)(F)F)n1. The molecule has 0 aliphatic heterocycles. The number of hydrogen-bond acceptors (Lipinski definition) is 7. The van der Waals surface area contributed by atoms with E-state index in [2.05, 4.69) is 36.4 Å². The second kappa shape index (κ2) is 10.2. The zero-order chi connectivity index (χ0) is 26.8. The minimum atomic E-state index is -4.91. The molecule has 0 aliphatic rings. The molecule has 2 aromatic heterocycles. The maximum atomic E-state index is 13.7. The Morgan fingerprint density at radius 3 is 2.47 bits per heavy atom. The molecule has 192 valence electrons. The van der Waals surface area contributed by atoms with Gasteiger partial charge in [-0.05, 0) is 51.5 Å². The maximum absolute atomic E-state index is 13.7. The van der Waals surface area contributed by atoms with Crippen molar-refractivity contribution < 1.29 is 32.6 Å². The Balaban J connectivity index is 2.07. The second-order valence-corrected chi connectivity index (χ2v) is 9.41. The molecule has 0 bridgehead atoms. The summed E-state index contributed by atoms with van der Waals surface area (Å²) in [5.74, 6) is 0.297. The number of alkyl halides is 4. The van der Waals surface area contributed by atoms with E-state index >= 15 is 0 Å². The van der Waals surface area contributed by atoms with Crippen LogP contribution in [0.3, 0.4) is 0 Å². The molecule has 1 aromatic carbocycles. The van der Waals surface area contributed by atoms with E-state index in [1.165, 1.54) is 27.7 Å². The number of aromatic nitrogens is 3. The van der Waals surface area contributed by atoms with Gasteiger partial charge in [-0.2, -0.15) is 23.2 Å². The van der Waals surface area contributed by atoms with E-state index in [0.29, 0.717) is 22.6 Å². The molecule has 3 rings (SSSR count). The van der Waals surface area contributed by atoms with E-state index in [-0.39, 0.29) is 10.6 Å². The number of fused-ring (bicyclic) bond motifs is 1. The van der Waals surface area contributed by atoms with Gasteiger partial charge in [0, 0.05) is 16.1 Å². The molecule has 13 heteroatoms. The van der Waals surface area contributed by atoms with Crippen molar-refractivity contribution in [2.45, 2.75) is 50.8 Å². The lowest BCUT2D eigenvalue weighted by molar-refractivity contribution is -0.141. The quantitative estimate of drug-likeness (QED) is 0.333. The summed E-state index contributed by atoms with van der Waals surface area (Å²) in [7, 11) is 0. The van der Waals surface area contributed by atoms with Gasteiger partial charge < -0.3 is 15.2 Å². The summed E-state index contributed by atoms with van der Waals surface area (Å²) in [5, 5.41) is 22.6. The number of anilines is 2. The molecule has 0 saturated heterocycles. The molecule has 36 heavy (non-hydrogen) atoms. The maximum Gasteiger partial charge on any atom is 0.433 e. The van der Waals surface area contributed by atoms with Gasteiger partial charge in [0.25, 0.3) is 0 Å². The van der Waals surface area contributed by atoms with Crippen LogP contribution in [0.15, 0.2) is 36.5 Å². The van der Waals surface area contributed by atoms with Gasteiger partial charge in [0.2, 0.25) is 0 Å². The molecule has 2 amide bonds. The van der Waals surface area contributed by atoms with Crippen LogP contribution in [0.5, 0.6) is 0 Å². The third-order valence-corrected chi connectivity index (χ3v) is 5.47. The standard InChI is InChI=1S/C23H23BrF3N5O4/c1-12(29-19-16-7-13(10-24)5-6-14(16)11-28-31-19)17-8-15(9-18(30-17)23(25,26)27)32(20(33)34)21(35)36-22(2,3)4/h5-9,11-12H,10H2,1-4H3,(H,29,31)(H,33,34)/t12-/m1/s1. The van der Waals surface area contributed by atoms with E-state index in [0.717, 1.165) is 17.0 Å². The van der Waals surface area contributed by atoms with Crippen LogP contribution < -0.4 is 10.2 Å². The van der Waals surface area contributed by atoms with E-state index in [9.17, 15) is 27.9 Å². The van der Waals surface area contributed by atoms with Gasteiger partial charge in [-0.1, -0.05) is 28.1 Å². The van der Waals surface area contributed by atoms with Crippen LogP contribution in [0.25, 0.3) is 10.8 Å². The molecular formula is C23H23BrF3N5O4. The Morgan fingerprint density at radius 1 is 1.19 bits per heavy atom. The number of halogens is 4. The highest BCUT2D eigenvalue weighted by molar-refractivity contribution is 9.08. The number of imide groups is 1. The van der Waals surface area contributed by atoms with Crippen LogP contribution in [-0.2, 0) is 16.2 Å². The van der Waals surface area contributed by atoms with Crippen molar-refractivity contribution in [1.82, 2.24) is 15.2 Å². The van der Waals surface area contributed by atoms with Gasteiger partial charge in [-0.25, -0.2) is 14.6 Å². The van der Waals surface area contributed by atoms with Crippen LogP contribution in [0.4, 0.5) is 34.3 Å². The number of carboxylic acid groups (broad SMARTS) is 1. The van der Waals surface area contributed by atoms with E-state index in [4.69, 9.17) is 4.74 Å². The zero-order valence-electron chi connectivity index (χ0n) is 19.7. The van der Waals surface area contributed by atoms with Crippen molar-refractivity contribution in [2.75, 3.05) is 10.2 Å². The number of hydrogen-bond donors (Lipinski definition) is 2. The van der Waals surface area contributed by atoms with Gasteiger partial charge in [-0.15, -0.1) is 5.10 Å². The third kappa shape index (κ3) is 6.39. The number of rotatable bonds is 5. The summed E-state index contributed by atoms with van der Waals surface area (Å²) in [6, 6.07) is 6.26. The smallest absolute Gasteiger partial charge is 0.433 e. The molecule has 1 atom stereocenters. The Kier molecular flexibility index (Phi) is 7.72. The van der Waals surface area contributed by atoms with Crippen molar-refractivity contribution in [2.24, 2.45) is 0 Å². The largest absolute Gasteiger partial charge is 0.464 e. The Morgan fingerprint density at radius 2 is 1.89 bits per heavy atom. The summed E-state index contributed by atoms with van der Waals surface area (Å²) >= 11 is 3.38. The van der Waals surface area contributed by atoms with Gasteiger partial charge >= 0.3 is 18.4 Å². The van der Waals surface area contributed by atoms with Gasteiger partial charge in [0.1, 0.15) is 11.3 Å². The van der Waals surface area contributed by atoms with Crippen molar-refractivity contribution in [3.05, 3.63) is 53.5 Å². The fourth-order valence-electron chi connectivity index (χ4n) is 3.23. The number of carbonyl (C=O) groups excluding carboxylic acids is 1. The molecule has 0 saturated carbocycles. The van der Waals surface area contributed by atoms with E-state index < -0.39 is 41.4 Å². The highest BCUT2D eigenvalue weighted by Gasteiger charge is 2.36. The summed E-state index contributed by atoms with van der Waals surface area (Å²) in [5.41, 5.74) is -2.24. The Hall–Kier alpha value is -3.48. The van der Waals surface area contributed by atoms with Crippen LogP contribution in [0.2, 0.25) is 0 Å². The van der Waals surface area contributed by atoms with Crippen molar-refractivity contribution >= 4 is 50.4 Å². The van der Waals surface area contributed by atoms with Crippen LogP contribution in [-0.4, -0.2) is 38.1 Å². The molecule has 2 heterocycles. The highest BCUT2D eigenvalue weighted by Crippen LogP contribution is 2.34. The molecule has 0 aliphatic carbocycles. The Labute approximate surface area is 212 Å². The molecule has 0 spiro atoms. The van der Waals surface area contributed by atoms with Crippen molar-refractivity contribution in [3.8, 4) is 0 Å². The first kappa shape index (κ1) is 27.1. The van der Waals surface area contributed by atoms with Crippen LogP contribution in [0, 0.1) is 0 Å². The lowest BCUT2D eigenvalue weighted by Crippen LogP contribution is -2.40. The number of amides is 2. The lowest BCUT2D eigenvalue weighted by Gasteiger charge is -2.25. The number of pyridine rings is 1. The average molecular weight is 570 g/mol. The van der Waals surface area contributed by atoms with Gasteiger partial charge in [0.05, 0.1) is 23.6 Å². The minimum absolute atomic E-state index is 0.110. The highest BCUT2D eigenvalue weighted by atomic mass is 79.9. The number of benzene rings is 1. The topological polar surface area (TPSA) is 118 Å². The van der Waals surface area contributed by atoms with Crippen molar-refractivity contribution in [1.29, 1.82) is 0 Å². The fourth-order valence-corrected chi connectivity index (χ4v) is 3.58.